The summed E-state index contributed by atoms with van der Waals surface area (Å²) in [6, 6.07) is 16.3. The second-order valence-corrected chi connectivity index (χ2v) is 8.63. The van der Waals surface area contributed by atoms with E-state index in [1.807, 2.05) is 37.5 Å². The molecule has 1 fully saturated rings. The first-order valence-electron chi connectivity index (χ1n) is 11.4. The van der Waals surface area contributed by atoms with Crippen LogP contribution >= 0.6 is 0 Å². The number of furan rings is 1. The van der Waals surface area contributed by atoms with Gasteiger partial charge in [-0.2, -0.15) is 0 Å². The Hall–Kier alpha value is -3.67. The number of nitrogens with zero attached hydrogens (tertiary/aromatic N) is 2. The van der Waals surface area contributed by atoms with Gasteiger partial charge in [0.05, 0.1) is 24.0 Å². The Morgan fingerprint density at radius 2 is 1.88 bits per heavy atom. The Morgan fingerprint density at radius 1 is 1.09 bits per heavy atom. The molecule has 0 spiro atoms. The molecule has 4 aromatic rings. The van der Waals surface area contributed by atoms with Crippen LogP contribution in [0.5, 0.6) is 0 Å². The fourth-order valence-electron chi connectivity index (χ4n) is 4.57. The number of aryl methyl sites for hydroxylation is 1. The molecule has 5 rings (SSSR count). The molecule has 1 saturated carbocycles. The van der Waals surface area contributed by atoms with E-state index in [2.05, 4.69) is 9.88 Å². The minimum absolute atomic E-state index is 0.202. The number of hydrogen-bond acceptors (Lipinski definition) is 3. The molecular formula is C27H26FN3O2. The number of anilines is 1. The van der Waals surface area contributed by atoms with Crippen molar-refractivity contribution in [3.8, 4) is 22.5 Å². The average Bonchev–Trinajstić information content (AvgIpc) is 3.52. The van der Waals surface area contributed by atoms with Crippen LogP contribution < -0.4 is 5.32 Å². The molecule has 6 heteroatoms. The predicted octanol–water partition coefficient (Wildman–Crippen LogP) is 7.02. The van der Waals surface area contributed by atoms with Gasteiger partial charge in [-0.05, 0) is 50.1 Å². The van der Waals surface area contributed by atoms with Crippen LogP contribution in [0.1, 0.15) is 54.3 Å². The summed E-state index contributed by atoms with van der Waals surface area (Å²) < 4.78 is 22.6. The number of imidazole rings is 1. The normalized spacial score (nSPS) is 14.4. The van der Waals surface area contributed by atoms with E-state index in [1.54, 1.807) is 24.3 Å². The van der Waals surface area contributed by atoms with Crippen LogP contribution in [0.2, 0.25) is 0 Å². The number of nitrogens with one attached hydrogen (secondary N) is 1. The molecule has 33 heavy (non-hydrogen) atoms. The second-order valence-electron chi connectivity index (χ2n) is 8.63. The molecule has 0 atom stereocenters. The number of aromatic nitrogens is 2. The lowest BCUT2D eigenvalue weighted by molar-refractivity contribution is 0.0996. The molecule has 1 aliphatic carbocycles. The molecule has 2 aromatic carbocycles. The molecule has 2 aromatic heterocycles. The first-order valence-corrected chi connectivity index (χ1v) is 11.4. The van der Waals surface area contributed by atoms with Crippen LogP contribution in [0.25, 0.3) is 22.5 Å². The van der Waals surface area contributed by atoms with Crippen molar-refractivity contribution in [3.05, 3.63) is 84.3 Å². The van der Waals surface area contributed by atoms with E-state index in [9.17, 15) is 4.79 Å². The summed E-state index contributed by atoms with van der Waals surface area (Å²) in [6.45, 7) is 2.04. The van der Waals surface area contributed by atoms with Crippen molar-refractivity contribution in [3.63, 3.8) is 0 Å². The maximum absolute atomic E-state index is 15.3. The Balaban J connectivity index is 1.60. The van der Waals surface area contributed by atoms with Gasteiger partial charge in [-0.15, -0.1) is 0 Å². The summed E-state index contributed by atoms with van der Waals surface area (Å²) >= 11 is 0. The molecule has 0 saturated heterocycles. The van der Waals surface area contributed by atoms with E-state index in [0.29, 0.717) is 11.3 Å². The highest BCUT2D eigenvalue weighted by Crippen LogP contribution is 2.39. The van der Waals surface area contributed by atoms with Crippen molar-refractivity contribution in [1.29, 1.82) is 0 Å². The quantitative estimate of drug-likeness (QED) is 0.361. The van der Waals surface area contributed by atoms with Gasteiger partial charge in [0.1, 0.15) is 5.82 Å². The van der Waals surface area contributed by atoms with Crippen LogP contribution in [-0.2, 0) is 0 Å². The number of halogens is 1. The van der Waals surface area contributed by atoms with Gasteiger partial charge in [0, 0.05) is 22.9 Å². The summed E-state index contributed by atoms with van der Waals surface area (Å²) in [5.41, 5.74) is 4.51. The standard InChI is InChI=1S/C27H26FN3O2/c1-18-9-11-19(12-10-18)25-26(31(17-29-25)21-6-3-2-4-7-21)22-16-20(13-14-23(22)28)30-27(32)24-8-5-15-33-24/h5,8-17,21H,2-4,6-7H2,1H3,(H,30,32). The summed E-state index contributed by atoms with van der Waals surface area (Å²) in [4.78, 5) is 17.2. The Bertz CT molecular complexity index is 1250. The van der Waals surface area contributed by atoms with Crippen molar-refractivity contribution in [2.75, 3.05) is 5.32 Å². The van der Waals surface area contributed by atoms with Gasteiger partial charge < -0.3 is 14.3 Å². The first kappa shape index (κ1) is 21.2. The Labute approximate surface area is 192 Å². The highest BCUT2D eigenvalue weighted by Gasteiger charge is 2.24. The van der Waals surface area contributed by atoms with Crippen LogP contribution in [0, 0.1) is 12.7 Å². The summed E-state index contributed by atoms with van der Waals surface area (Å²) in [5, 5.41) is 2.81. The largest absolute Gasteiger partial charge is 0.459 e. The molecule has 0 bridgehead atoms. The molecule has 168 valence electrons. The number of rotatable bonds is 5. The van der Waals surface area contributed by atoms with Gasteiger partial charge in [-0.1, -0.05) is 49.1 Å². The van der Waals surface area contributed by atoms with Crippen molar-refractivity contribution in [2.24, 2.45) is 0 Å². The smallest absolute Gasteiger partial charge is 0.291 e. The molecule has 0 aliphatic heterocycles. The van der Waals surface area contributed by atoms with E-state index >= 15 is 4.39 Å². The second kappa shape index (κ2) is 9.06. The van der Waals surface area contributed by atoms with Crippen LogP contribution in [0.3, 0.4) is 0 Å². The summed E-state index contributed by atoms with van der Waals surface area (Å²) in [5.74, 6) is -0.525. The van der Waals surface area contributed by atoms with Gasteiger partial charge in [0.25, 0.3) is 5.91 Å². The summed E-state index contributed by atoms with van der Waals surface area (Å²) in [6.07, 6.45) is 8.93. The zero-order chi connectivity index (χ0) is 22.8. The maximum atomic E-state index is 15.3. The molecule has 1 amide bonds. The molecule has 2 heterocycles. The van der Waals surface area contributed by atoms with Gasteiger partial charge in [0.15, 0.2) is 5.76 Å². The lowest BCUT2D eigenvalue weighted by Crippen LogP contribution is -2.14. The molecule has 0 unspecified atom stereocenters. The zero-order valence-electron chi connectivity index (χ0n) is 18.6. The van der Waals surface area contributed by atoms with Gasteiger partial charge in [0.2, 0.25) is 0 Å². The lowest BCUT2D eigenvalue weighted by Gasteiger charge is -2.25. The van der Waals surface area contributed by atoms with Crippen LogP contribution in [0.4, 0.5) is 10.1 Å². The number of amides is 1. The molecule has 0 radical (unpaired) electrons. The van der Waals surface area contributed by atoms with E-state index in [-0.39, 0.29) is 23.5 Å². The average molecular weight is 444 g/mol. The third-order valence-corrected chi connectivity index (χ3v) is 6.31. The third-order valence-electron chi connectivity index (χ3n) is 6.31. The number of carbonyl (C=O) groups excluding carboxylic acids is 1. The van der Waals surface area contributed by atoms with Crippen molar-refractivity contribution in [2.45, 2.75) is 45.1 Å². The minimum atomic E-state index is -0.378. The van der Waals surface area contributed by atoms with E-state index in [4.69, 9.17) is 9.40 Å². The SMILES string of the molecule is Cc1ccc(-c2ncn(C3CCCCC3)c2-c2cc(NC(=O)c3ccco3)ccc2F)cc1. The topological polar surface area (TPSA) is 60.1 Å². The molecular weight excluding hydrogens is 417 g/mol. The van der Waals surface area contributed by atoms with E-state index in [0.717, 1.165) is 48.2 Å². The third kappa shape index (κ3) is 4.33. The maximum Gasteiger partial charge on any atom is 0.291 e. The number of hydrogen-bond donors (Lipinski definition) is 1. The van der Waals surface area contributed by atoms with Crippen molar-refractivity contribution >= 4 is 11.6 Å². The van der Waals surface area contributed by atoms with E-state index in [1.165, 1.54) is 18.8 Å². The van der Waals surface area contributed by atoms with Gasteiger partial charge in [-0.3, -0.25) is 4.79 Å². The minimum Gasteiger partial charge on any atom is -0.459 e. The fraction of sp³-hybridized carbons (Fsp3) is 0.259. The monoisotopic (exact) mass is 443 g/mol. The highest BCUT2D eigenvalue weighted by atomic mass is 19.1. The predicted molar refractivity (Wildman–Crippen MR) is 127 cm³/mol. The molecule has 1 N–H and O–H groups in total. The van der Waals surface area contributed by atoms with Crippen molar-refractivity contribution < 1.29 is 13.6 Å². The first-order chi connectivity index (χ1) is 16.1. The highest BCUT2D eigenvalue weighted by molar-refractivity contribution is 6.02. The molecule has 1 aliphatic rings. The Kier molecular flexibility index (Phi) is 5.82. The molecule has 5 nitrogen and oxygen atoms in total. The van der Waals surface area contributed by atoms with Crippen molar-refractivity contribution in [1.82, 2.24) is 9.55 Å². The van der Waals surface area contributed by atoms with Crippen LogP contribution in [0.15, 0.2) is 71.6 Å². The summed E-state index contributed by atoms with van der Waals surface area (Å²) in [7, 11) is 0. The number of benzene rings is 2. The fourth-order valence-corrected chi connectivity index (χ4v) is 4.57. The van der Waals surface area contributed by atoms with Crippen LogP contribution in [-0.4, -0.2) is 15.5 Å². The van der Waals surface area contributed by atoms with Gasteiger partial charge in [-0.25, -0.2) is 9.37 Å². The number of carbonyl (C=O) groups is 1. The lowest BCUT2D eigenvalue weighted by atomic mass is 9.94. The van der Waals surface area contributed by atoms with Gasteiger partial charge >= 0.3 is 0 Å². The zero-order valence-corrected chi connectivity index (χ0v) is 18.6. The Morgan fingerprint density at radius 3 is 2.61 bits per heavy atom. The van der Waals surface area contributed by atoms with E-state index < -0.39 is 0 Å².